The van der Waals surface area contributed by atoms with Crippen LogP contribution in [0.5, 0.6) is 5.75 Å². The zero-order valence-electron chi connectivity index (χ0n) is 9.11. The molecule has 0 bridgehead atoms. The molecule has 15 heavy (non-hydrogen) atoms. The highest BCUT2D eigenvalue weighted by atomic mass is 16.3. The van der Waals surface area contributed by atoms with Crippen molar-refractivity contribution >= 4 is 5.57 Å². The van der Waals surface area contributed by atoms with Crippen LogP contribution in [0.1, 0.15) is 18.9 Å². The van der Waals surface area contributed by atoms with E-state index in [1.165, 1.54) is 5.57 Å². The van der Waals surface area contributed by atoms with Crippen molar-refractivity contribution in [2.75, 3.05) is 19.6 Å². The molecule has 0 aliphatic carbocycles. The van der Waals surface area contributed by atoms with Gasteiger partial charge in [-0.1, -0.05) is 25.1 Å². The van der Waals surface area contributed by atoms with Gasteiger partial charge in [-0.25, -0.2) is 0 Å². The van der Waals surface area contributed by atoms with Gasteiger partial charge in [0.05, 0.1) is 0 Å². The van der Waals surface area contributed by atoms with Crippen LogP contribution in [0.25, 0.3) is 5.57 Å². The topological polar surface area (TPSA) is 23.5 Å². The van der Waals surface area contributed by atoms with E-state index < -0.39 is 0 Å². The summed E-state index contributed by atoms with van der Waals surface area (Å²) in [6.45, 7) is 5.43. The first-order valence-corrected chi connectivity index (χ1v) is 5.50. The maximum Gasteiger partial charge on any atom is 0.116 e. The normalized spacial score (nSPS) is 17.5. The number of phenolic OH excluding ortho intramolecular Hbond substituents is 1. The number of nitrogens with zero attached hydrogens (tertiary/aromatic N) is 1. The Morgan fingerprint density at radius 1 is 1.40 bits per heavy atom. The average Bonchev–Trinajstić information content (AvgIpc) is 2.29. The van der Waals surface area contributed by atoms with Gasteiger partial charge in [0.15, 0.2) is 0 Å². The third-order valence-corrected chi connectivity index (χ3v) is 2.89. The van der Waals surface area contributed by atoms with Gasteiger partial charge >= 0.3 is 0 Å². The highest BCUT2D eigenvalue weighted by Gasteiger charge is 2.12. The van der Waals surface area contributed by atoms with Gasteiger partial charge in [-0.05, 0) is 36.2 Å². The lowest BCUT2D eigenvalue weighted by Crippen LogP contribution is -2.29. The largest absolute Gasteiger partial charge is 0.508 e. The average molecular weight is 203 g/mol. The van der Waals surface area contributed by atoms with E-state index in [1.54, 1.807) is 6.07 Å². The molecule has 1 heterocycles. The number of benzene rings is 1. The van der Waals surface area contributed by atoms with Crippen LogP contribution in [0.15, 0.2) is 30.3 Å². The van der Waals surface area contributed by atoms with E-state index in [-0.39, 0.29) is 0 Å². The summed E-state index contributed by atoms with van der Waals surface area (Å²) in [5, 5.41) is 9.43. The third-order valence-electron chi connectivity index (χ3n) is 2.89. The van der Waals surface area contributed by atoms with Gasteiger partial charge in [-0.2, -0.15) is 0 Å². The lowest BCUT2D eigenvalue weighted by atomic mass is 10.0. The van der Waals surface area contributed by atoms with Crippen LogP contribution in [0.4, 0.5) is 0 Å². The van der Waals surface area contributed by atoms with Crippen LogP contribution in [-0.4, -0.2) is 29.6 Å². The molecule has 1 aromatic rings. The van der Waals surface area contributed by atoms with Crippen LogP contribution in [0.2, 0.25) is 0 Å². The summed E-state index contributed by atoms with van der Waals surface area (Å²) in [6.07, 6.45) is 3.39. The Labute approximate surface area is 90.8 Å². The summed E-state index contributed by atoms with van der Waals surface area (Å²) in [5.41, 5.74) is 2.48. The van der Waals surface area contributed by atoms with Crippen molar-refractivity contribution in [2.24, 2.45) is 0 Å². The molecule has 2 rings (SSSR count). The minimum absolute atomic E-state index is 0.349. The molecule has 0 fully saturated rings. The SMILES string of the molecule is CCN1CCC=C(c2cccc(O)c2)C1. The predicted octanol–water partition coefficient (Wildman–Crippen LogP) is 2.50. The number of hydrogen-bond donors (Lipinski definition) is 1. The van der Waals surface area contributed by atoms with Crippen molar-refractivity contribution in [1.82, 2.24) is 4.90 Å². The number of rotatable bonds is 2. The molecule has 0 unspecified atom stereocenters. The quantitative estimate of drug-likeness (QED) is 0.798. The molecule has 80 valence electrons. The highest BCUT2D eigenvalue weighted by Crippen LogP contribution is 2.23. The molecule has 2 heteroatoms. The van der Waals surface area contributed by atoms with Crippen LogP contribution >= 0.6 is 0 Å². The molecule has 0 atom stereocenters. The second-order valence-corrected chi connectivity index (χ2v) is 3.94. The van der Waals surface area contributed by atoms with E-state index in [0.717, 1.165) is 31.6 Å². The van der Waals surface area contributed by atoms with Gasteiger partial charge in [0, 0.05) is 13.1 Å². The van der Waals surface area contributed by atoms with Gasteiger partial charge in [-0.3, -0.25) is 4.90 Å². The van der Waals surface area contributed by atoms with Gasteiger partial charge in [-0.15, -0.1) is 0 Å². The first-order chi connectivity index (χ1) is 7.29. The van der Waals surface area contributed by atoms with Crippen LogP contribution in [0, 0.1) is 0 Å². The predicted molar refractivity (Wildman–Crippen MR) is 62.8 cm³/mol. The highest BCUT2D eigenvalue weighted by molar-refractivity contribution is 5.68. The molecular weight excluding hydrogens is 186 g/mol. The minimum atomic E-state index is 0.349. The van der Waals surface area contributed by atoms with E-state index >= 15 is 0 Å². The standard InChI is InChI=1S/C13H17NO/c1-2-14-8-4-6-12(10-14)11-5-3-7-13(15)9-11/h3,5-7,9,15H,2,4,8,10H2,1H3. The molecule has 0 saturated carbocycles. The monoisotopic (exact) mass is 203 g/mol. The van der Waals surface area contributed by atoms with Crippen molar-refractivity contribution in [3.8, 4) is 5.75 Å². The molecule has 2 nitrogen and oxygen atoms in total. The molecule has 1 aliphatic heterocycles. The van der Waals surface area contributed by atoms with Gasteiger partial charge in [0.2, 0.25) is 0 Å². The fraction of sp³-hybridized carbons (Fsp3) is 0.385. The molecule has 1 aliphatic rings. The summed E-state index contributed by atoms with van der Waals surface area (Å²) in [4.78, 5) is 2.42. The summed E-state index contributed by atoms with van der Waals surface area (Å²) in [5.74, 6) is 0.349. The molecule has 0 amide bonds. The van der Waals surface area contributed by atoms with Crippen LogP contribution in [-0.2, 0) is 0 Å². The van der Waals surface area contributed by atoms with Crippen LogP contribution in [0.3, 0.4) is 0 Å². The Kier molecular flexibility index (Phi) is 3.07. The molecular formula is C13H17NO. The van der Waals surface area contributed by atoms with E-state index in [2.05, 4.69) is 24.0 Å². The molecule has 0 aromatic heterocycles. The van der Waals surface area contributed by atoms with Gasteiger partial charge in [0.1, 0.15) is 5.75 Å². The number of hydrogen-bond acceptors (Lipinski definition) is 2. The maximum atomic E-state index is 9.43. The lowest BCUT2D eigenvalue weighted by molar-refractivity contribution is 0.321. The van der Waals surface area contributed by atoms with Crippen molar-refractivity contribution < 1.29 is 5.11 Å². The van der Waals surface area contributed by atoms with E-state index in [4.69, 9.17) is 0 Å². The summed E-state index contributed by atoms with van der Waals surface area (Å²) >= 11 is 0. The molecule has 1 aromatic carbocycles. The van der Waals surface area contributed by atoms with E-state index in [0.29, 0.717) is 5.75 Å². The third kappa shape index (κ3) is 2.39. The summed E-state index contributed by atoms with van der Waals surface area (Å²) < 4.78 is 0. The fourth-order valence-corrected chi connectivity index (χ4v) is 1.99. The zero-order valence-corrected chi connectivity index (χ0v) is 9.11. The summed E-state index contributed by atoms with van der Waals surface area (Å²) in [6, 6.07) is 7.51. The van der Waals surface area contributed by atoms with E-state index in [9.17, 15) is 5.11 Å². The Morgan fingerprint density at radius 3 is 3.00 bits per heavy atom. The van der Waals surface area contributed by atoms with Crippen LogP contribution < -0.4 is 0 Å². The zero-order chi connectivity index (χ0) is 10.7. The van der Waals surface area contributed by atoms with Crippen molar-refractivity contribution in [2.45, 2.75) is 13.3 Å². The molecule has 0 saturated heterocycles. The van der Waals surface area contributed by atoms with Gasteiger partial charge in [0.25, 0.3) is 0 Å². The number of phenols is 1. The molecule has 1 N–H and O–H groups in total. The maximum absolute atomic E-state index is 9.43. The number of likely N-dealkylation sites (N-methyl/N-ethyl adjacent to an activating group) is 1. The smallest absolute Gasteiger partial charge is 0.116 e. The minimum Gasteiger partial charge on any atom is -0.508 e. The Bertz CT molecular complexity index is 371. The lowest BCUT2D eigenvalue weighted by Gasteiger charge is -2.26. The molecule has 0 radical (unpaired) electrons. The Morgan fingerprint density at radius 2 is 2.27 bits per heavy atom. The Hall–Kier alpha value is -1.28. The fourth-order valence-electron chi connectivity index (χ4n) is 1.99. The first-order valence-electron chi connectivity index (χ1n) is 5.50. The van der Waals surface area contributed by atoms with E-state index in [1.807, 2.05) is 12.1 Å². The molecule has 0 spiro atoms. The van der Waals surface area contributed by atoms with Crippen molar-refractivity contribution in [1.29, 1.82) is 0 Å². The second-order valence-electron chi connectivity index (χ2n) is 3.94. The number of aromatic hydroxyl groups is 1. The summed E-state index contributed by atoms with van der Waals surface area (Å²) in [7, 11) is 0. The Balaban J connectivity index is 2.20. The first kappa shape index (κ1) is 10.2. The van der Waals surface area contributed by atoms with Gasteiger partial charge < -0.3 is 5.11 Å². The van der Waals surface area contributed by atoms with Crippen molar-refractivity contribution in [3.05, 3.63) is 35.9 Å². The second kappa shape index (κ2) is 4.49. The van der Waals surface area contributed by atoms with Crippen molar-refractivity contribution in [3.63, 3.8) is 0 Å².